The van der Waals surface area contributed by atoms with E-state index in [1.54, 1.807) is 6.20 Å². The number of benzene rings is 2. The molecule has 2 heterocycles. The minimum atomic E-state index is -1.26. The van der Waals surface area contributed by atoms with Crippen LogP contribution in [0.25, 0.3) is 10.9 Å². The Balaban J connectivity index is 1.67. The number of carbonyl (C=O) groups is 5. The normalized spacial score (nSPS) is 22.8. The molecule has 4 rings (SSSR count). The SMILES string of the molecule is C[C@@H](O)[C@@H]1NC(=O)[C@H](CCCCN)NC(=O)[C@@H](Cc2c[nH]c3ccccc23)NC(=O)[C@H](Cc2ccccc2)NC(=O)CCSSCCNC1=O. The Morgan fingerprint density at radius 1 is 0.780 bits per heavy atom. The van der Waals surface area contributed by atoms with Gasteiger partial charge in [-0.2, -0.15) is 0 Å². The second-order valence-corrected chi connectivity index (χ2v) is 14.9. The molecule has 13 nitrogen and oxygen atoms in total. The quantitative estimate of drug-likeness (QED) is 0.118. The number of aromatic amines is 1. The lowest BCUT2D eigenvalue weighted by atomic mass is 10.0. The third-order valence-corrected chi connectivity index (χ3v) is 10.7. The smallest absolute Gasteiger partial charge is 0.245 e. The predicted molar refractivity (Wildman–Crippen MR) is 197 cm³/mol. The fourth-order valence-corrected chi connectivity index (χ4v) is 7.50. The van der Waals surface area contributed by atoms with E-state index in [9.17, 15) is 29.1 Å². The van der Waals surface area contributed by atoms with Crippen molar-refractivity contribution in [3.63, 3.8) is 0 Å². The number of rotatable bonds is 9. The lowest BCUT2D eigenvalue weighted by molar-refractivity contribution is -0.135. The van der Waals surface area contributed by atoms with Crippen molar-refractivity contribution < 1.29 is 29.1 Å². The van der Waals surface area contributed by atoms with E-state index < -0.39 is 53.9 Å². The van der Waals surface area contributed by atoms with Crippen molar-refractivity contribution >= 4 is 62.0 Å². The molecule has 15 heteroatoms. The predicted octanol–water partition coefficient (Wildman–Crippen LogP) is 1.30. The molecule has 1 saturated heterocycles. The van der Waals surface area contributed by atoms with Gasteiger partial charge >= 0.3 is 0 Å². The number of nitrogens with two attached hydrogens (primary N) is 1. The van der Waals surface area contributed by atoms with Gasteiger partial charge in [-0.1, -0.05) is 70.1 Å². The number of aliphatic hydroxyl groups excluding tert-OH is 1. The van der Waals surface area contributed by atoms with Crippen LogP contribution in [0.1, 0.15) is 43.7 Å². The number of carbonyl (C=O) groups excluding carboxylic acids is 5. The average molecular weight is 726 g/mol. The van der Waals surface area contributed by atoms with Crippen molar-refractivity contribution in [3.05, 3.63) is 71.9 Å². The number of nitrogens with one attached hydrogen (secondary N) is 6. The summed E-state index contributed by atoms with van der Waals surface area (Å²) in [4.78, 5) is 71.0. The lowest BCUT2D eigenvalue weighted by Gasteiger charge is -2.27. The fourth-order valence-electron chi connectivity index (χ4n) is 5.60. The molecule has 50 heavy (non-hydrogen) atoms. The van der Waals surface area contributed by atoms with Crippen LogP contribution in [0.2, 0.25) is 0 Å². The second-order valence-electron chi connectivity index (χ2n) is 12.2. The highest BCUT2D eigenvalue weighted by Crippen LogP contribution is 2.22. The summed E-state index contributed by atoms with van der Waals surface area (Å²) < 4.78 is 0. The molecule has 1 aromatic heterocycles. The zero-order valence-electron chi connectivity index (χ0n) is 28.1. The third kappa shape index (κ3) is 11.8. The minimum absolute atomic E-state index is 0.0807. The maximum absolute atomic E-state index is 14.1. The van der Waals surface area contributed by atoms with Gasteiger partial charge in [0.05, 0.1) is 6.10 Å². The van der Waals surface area contributed by atoms with Crippen LogP contribution in [0.3, 0.4) is 0 Å². The van der Waals surface area contributed by atoms with Crippen LogP contribution in [0, 0.1) is 0 Å². The average Bonchev–Trinajstić information content (AvgIpc) is 3.51. The first-order chi connectivity index (χ1) is 24.2. The molecule has 5 amide bonds. The maximum atomic E-state index is 14.1. The number of aromatic nitrogens is 1. The molecule has 0 saturated carbocycles. The van der Waals surface area contributed by atoms with Gasteiger partial charge in [-0.25, -0.2) is 0 Å². The molecule has 1 fully saturated rings. The van der Waals surface area contributed by atoms with E-state index in [2.05, 4.69) is 31.6 Å². The van der Waals surface area contributed by atoms with Crippen LogP contribution in [0.5, 0.6) is 0 Å². The highest BCUT2D eigenvalue weighted by atomic mass is 33.1. The topological polar surface area (TPSA) is 208 Å². The summed E-state index contributed by atoms with van der Waals surface area (Å²) in [6.07, 6.45) is 2.29. The van der Waals surface area contributed by atoms with Gasteiger partial charge in [0.2, 0.25) is 29.5 Å². The molecule has 0 radical (unpaired) electrons. The van der Waals surface area contributed by atoms with Crippen molar-refractivity contribution in [2.24, 2.45) is 5.73 Å². The maximum Gasteiger partial charge on any atom is 0.245 e. The fraction of sp³-hybridized carbons (Fsp3) is 0.457. The summed E-state index contributed by atoms with van der Waals surface area (Å²) in [6, 6.07) is 12.4. The summed E-state index contributed by atoms with van der Waals surface area (Å²) in [5.41, 5.74) is 8.16. The highest BCUT2D eigenvalue weighted by Gasteiger charge is 2.33. The Morgan fingerprint density at radius 2 is 1.44 bits per heavy atom. The molecule has 9 N–H and O–H groups in total. The van der Waals surface area contributed by atoms with Crippen LogP contribution < -0.4 is 32.3 Å². The number of H-pyrrole nitrogens is 1. The van der Waals surface area contributed by atoms with Crippen molar-refractivity contribution in [2.75, 3.05) is 24.6 Å². The van der Waals surface area contributed by atoms with E-state index >= 15 is 0 Å². The van der Waals surface area contributed by atoms with Crippen molar-refractivity contribution in [1.82, 2.24) is 31.6 Å². The minimum Gasteiger partial charge on any atom is -0.391 e. The number of aliphatic hydroxyl groups is 1. The first-order valence-corrected chi connectivity index (χ1v) is 19.3. The highest BCUT2D eigenvalue weighted by molar-refractivity contribution is 8.76. The monoisotopic (exact) mass is 725 g/mol. The molecule has 5 atom stereocenters. The van der Waals surface area contributed by atoms with Crippen molar-refractivity contribution in [1.29, 1.82) is 0 Å². The number of hydrogen-bond acceptors (Lipinski definition) is 9. The number of fused-ring (bicyclic) bond motifs is 1. The molecular formula is C35H47N7O6S2. The van der Waals surface area contributed by atoms with Gasteiger partial charge in [0.1, 0.15) is 24.2 Å². The summed E-state index contributed by atoms with van der Waals surface area (Å²) in [5.74, 6) is -1.71. The van der Waals surface area contributed by atoms with E-state index in [1.807, 2.05) is 54.6 Å². The van der Waals surface area contributed by atoms with Crippen molar-refractivity contribution in [3.8, 4) is 0 Å². The summed E-state index contributed by atoms with van der Waals surface area (Å²) in [6.45, 7) is 2.05. The Kier molecular flexibility index (Phi) is 15.5. The molecule has 0 unspecified atom stereocenters. The molecule has 270 valence electrons. The first-order valence-electron chi connectivity index (χ1n) is 16.9. The van der Waals surface area contributed by atoms with Crippen molar-refractivity contribution in [2.45, 2.75) is 75.7 Å². The van der Waals surface area contributed by atoms with Gasteiger partial charge in [0, 0.05) is 54.4 Å². The molecule has 0 bridgehead atoms. The lowest BCUT2D eigenvalue weighted by Crippen LogP contribution is -2.60. The molecular weight excluding hydrogens is 679 g/mol. The molecule has 0 spiro atoms. The van der Waals surface area contributed by atoms with Crippen LogP contribution in [-0.2, 0) is 36.8 Å². The third-order valence-electron chi connectivity index (χ3n) is 8.29. The Morgan fingerprint density at radius 3 is 2.18 bits per heavy atom. The van der Waals surface area contributed by atoms with Gasteiger partial charge in [-0.3, -0.25) is 24.0 Å². The molecule has 1 aliphatic rings. The second kappa shape index (κ2) is 20.0. The first kappa shape index (κ1) is 38.7. The van der Waals surface area contributed by atoms with E-state index in [0.29, 0.717) is 30.9 Å². The van der Waals surface area contributed by atoms with Crippen LogP contribution >= 0.6 is 21.6 Å². The Hall–Kier alpha value is -4.05. The number of amides is 5. The zero-order chi connectivity index (χ0) is 35.9. The van der Waals surface area contributed by atoms with E-state index in [4.69, 9.17) is 5.73 Å². The van der Waals surface area contributed by atoms with Crippen LogP contribution in [-0.4, -0.2) is 94.5 Å². The largest absolute Gasteiger partial charge is 0.391 e. The summed E-state index contributed by atoms with van der Waals surface area (Å²) in [7, 11) is 2.92. The molecule has 1 aliphatic heterocycles. The van der Waals surface area contributed by atoms with Crippen LogP contribution in [0.4, 0.5) is 0 Å². The van der Waals surface area contributed by atoms with E-state index in [0.717, 1.165) is 22.0 Å². The summed E-state index contributed by atoms with van der Waals surface area (Å²) >= 11 is 0. The van der Waals surface area contributed by atoms with Gasteiger partial charge < -0.3 is 42.4 Å². The molecule has 0 aliphatic carbocycles. The van der Waals surface area contributed by atoms with Crippen LogP contribution in [0.15, 0.2) is 60.8 Å². The van der Waals surface area contributed by atoms with Gasteiger partial charge in [0.25, 0.3) is 0 Å². The number of unbranched alkanes of at least 4 members (excludes halogenated alkanes) is 1. The van der Waals surface area contributed by atoms with Gasteiger partial charge in [-0.05, 0) is 49.9 Å². The zero-order valence-corrected chi connectivity index (χ0v) is 29.7. The number of para-hydroxylation sites is 1. The van der Waals surface area contributed by atoms with E-state index in [-0.39, 0.29) is 38.1 Å². The Bertz CT molecular complexity index is 1590. The van der Waals surface area contributed by atoms with Gasteiger partial charge in [-0.15, -0.1) is 0 Å². The van der Waals surface area contributed by atoms with Gasteiger partial charge in [0.15, 0.2) is 0 Å². The van der Waals surface area contributed by atoms with E-state index in [1.165, 1.54) is 28.5 Å². The number of hydrogen-bond donors (Lipinski definition) is 8. The molecule has 2 aromatic carbocycles. The summed E-state index contributed by atoms with van der Waals surface area (Å²) in [5, 5.41) is 25.2. The standard InChI is InChI=1S/C35H47N7O6S2/c1-22(43)31-35(48)37-16-18-50-49-17-14-30(44)39-28(19-23-9-3-2-4-10-23)33(46)41-29(20-24-21-38-26-12-6-5-11-25(24)26)34(47)40-27(32(45)42-31)13-7-8-15-36/h2-6,9-12,21-22,27-29,31,38,43H,7-8,13-20,36H2,1H3,(H,37,48)(H,39,44)(H,40,47)(H,41,46)(H,42,45)/t22-,27+,28+,29-,31+/m1/s1. The Labute approximate surface area is 299 Å². The molecule has 3 aromatic rings.